The van der Waals surface area contributed by atoms with Crippen LogP contribution in [0, 0.1) is 23.1 Å². The molecular formula is C25H24FN5O2. The monoisotopic (exact) mass is 445 g/mol. The Kier molecular flexibility index (Phi) is 5.97. The van der Waals surface area contributed by atoms with E-state index in [2.05, 4.69) is 17.9 Å². The number of piperidine rings is 1. The second-order valence-corrected chi connectivity index (χ2v) is 8.42. The Morgan fingerprint density at radius 1 is 1.15 bits per heavy atom. The molecule has 1 saturated heterocycles. The van der Waals surface area contributed by atoms with Gasteiger partial charge in [-0.1, -0.05) is 25.1 Å². The second-order valence-electron chi connectivity index (χ2n) is 8.42. The maximum Gasteiger partial charge on any atom is 0.263 e. The average molecular weight is 445 g/mol. The zero-order chi connectivity index (χ0) is 23.7. The van der Waals surface area contributed by atoms with Crippen LogP contribution in [0.4, 0.5) is 10.3 Å². The summed E-state index contributed by atoms with van der Waals surface area (Å²) in [6.45, 7) is 3.78. The molecule has 0 spiro atoms. The first-order valence-corrected chi connectivity index (χ1v) is 10.8. The summed E-state index contributed by atoms with van der Waals surface area (Å²) in [7, 11) is 1.66. The topological polar surface area (TPSA) is 105 Å². The summed E-state index contributed by atoms with van der Waals surface area (Å²) < 4.78 is 16.1. The van der Waals surface area contributed by atoms with Crippen LogP contribution in [0.25, 0.3) is 22.4 Å². The molecule has 2 aromatic carbocycles. The first-order chi connectivity index (χ1) is 15.8. The van der Waals surface area contributed by atoms with E-state index in [0.717, 1.165) is 32.0 Å². The van der Waals surface area contributed by atoms with Crippen LogP contribution in [0.1, 0.15) is 35.7 Å². The van der Waals surface area contributed by atoms with Crippen LogP contribution in [0.15, 0.2) is 47.3 Å². The summed E-state index contributed by atoms with van der Waals surface area (Å²) in [5.41, 5.74) is 6.66. The van der Waals surface area contributed by atoms with E-state index in [1.165, 1.54) is 16.7 Å². The van der Waals surface area contributed by atoms with Crippen molar-refractivity contribution in [3.05, 3.63) is 69.8 Å². The number of carbonyl (C=O) groups excluding carboxylic acids is 1. The smallest absolute Gasteiger partial charge is 0.263 e. The third-order valence-electron chi connectivity index (χ3n) is 6.14. The Morgan fingerprint density at radius 3 is 2.36 bits per heavy atom. The van der Waals surface area contributed by atoms with Gasteiger partial charge in [0.1, 0.15) is 5.82 Å². The number of benzene rings is 2. The summed E-state index contributed by atoms with van der Waals surface area (Å²) in [6.07, 6.45) is 2.01. The molecule has 33 heavy (non-hydrogen) atoms. The van der Waals surface area contributed by atoms with Gasteiger partial charge in [0.05, 0.1) is 28.5 Å². The Bertz CT molecular complexity index is 1320. The molecule has 3 aromatic rings. The van der Waals surface area contributed by atoms with E-state index in [4.69, 9.17) is 16.0 Å². The number of anilines is 1. The lowest BCUT2D eigenvalue weighted by molar-refractivity contribution is 0.0996. The molecule has 0 unspecified atom stereocenters. The highest BCUT2D eigenvalue weighted by molar-refractivity contribution is 5.94. The van der Waals surface area contributed by atoms with Crippen LogP contribution in [-0.4, -0.2) is 28.5 Å². The van der Waals surface area contributed by atoms with Gasteiger partial charge in [-0.2, -0.15) is 5.26 Å². The van der Waals surface area contributed by atoms with Gasteiger partial charge in [-0.05, 0) is 48.6 Å². The number of aromatic nitrogens is 2. The Balaban J connectivity index is 1.94. The predicted molar refractivity (Wildman–Crippen MR) is 124 cm³/mol. The summed E-state index contributed by atoms with van der Waals surface area (Å²) >= 11 is 0. The molecule has 7 nitrogen and oxygen atoms in total. The summed E-state index contributed by atoms with van der Waals surface area (Å²) in [4.78, 5) is 32.0. The number of nitriles is 1. The van der Waals surface area contributed by atoms with Crippen LogP contribution < -0.4 is 16.2 Å². The lowest BCUT2D eigenvalue weighted by Crippen LogP contribution is -2.38. The molecule has 8 heteroatoms. The van der Waals surface area contributed by atoms with Gasteiger partial charge in [-0.15, -0.1) is 0 Å². The molecule has 1 aliphatic heterocycles. The SMILES string of the molecule is CC1CCN(c2nc(-c3ccc(C#N)cc3)c(-c3ccc(C(N)=O)c(F)c3)c(=O)n2C)CC1. The van der Waals surface area contributed by atoms with Gasteiger partial charge in [0.15, 0.2) is 0 Å². The molecule has 2 N–H and O–H groups in total. The standard InChI is InChI=1S/C25H24FN5O2/c1-15-9-11-31(12-10-15)25-29-22(17-5-3-16(14-27)4-6-17)21(24(33)30(25)2)18-7-8-19(23(28)32)20(26)13-18/h3-8,13,15H,9-12H2,1-2H3,(H2,28,32). The van der Waals surface area contributed by atoms with Gasteiger partial charge >= 0.3 is 0 Å². The highest BCUT2D eigenvalue weighted by atomic mass is 19.1. The van der Waals surface area contributed by atoms with Crippen LogP contribution >= 0.6 is 0 Å². The fraction of sp³-hybridized carbons (Fsp3) is 0.280. The summed E-state index contributed by atoms with van der Waals surface area (Å²) in [5, 5.41) is 9.14. The number of rotatable bonds is 4. The molecule has 168 valence electrons. The van der Waals surface area contributed by atoms with E-state index >= 15 is 0 Å². The largest absolute Gasteiger partial charge is 0.366 e. The predicted octanol–water partition coefficient (Wildman–Crippen LogP) is 3.46. The molecule has 0 radical (unpaired) electrons. The average Bonchev–Trinajstić information content (AvgIpc) is 2.81. The molecule has 4 rings (SSSR count). The normalized spacial score (nSPS) is 14.2. The Labute approximate surface area is 190 Å². The Hall–Kier alpha value is -3.99. The number of nitrogens with two attached hydrogens (primary N) is 1. The van der Waals surface area contributed by atoms with Crippen molar-refractivity contribution in [1.82, 2.24) is 9.55 Å². The fourth-order valence-corrected chi connectivity index (χ4v) is 4.12. The van der Waals surface area contributed by atoms with E-state index in [9.17, 15) is 14.0 Å². The van der Waals surface area contributed by atoms with E-state index in [-0.39, 0.29) is 16.7 Å². The maximum absolute atomic E-state index is 14.6. The molecule has 1 aliphatic rings. The summed E-state index contributed by atoms with van der Waals surface area (Å²) in [6, 6.07) is 12.7. The maximum atomic E-state index is 14.6. The minimum Gasteiger partial charge on any atom is -0.366 e. The number of nitrogens with zero attached hydrogens (tertiary/aromatic N) is 4. The molecule has 0 atom stereocenters. The van der Waals surface area contributed by atoms with Crippen molar-refractivity contribution in [3.63, 3.8) is 0 Å². The molecular weight excluding hydrogens is 421 g/mol. The summed E-state index contributed by atoms with van der Waals surface area (Å²) in [5.74, 6) is -0.527. The lowest BCUT2D eigenvalue weighted by Gasteiger charge is -2.32. The van der Waals surface area contributed by atoms with E-state index in [1.807, 2.05) is 0 Å². The molecule has 1 fully saturated rings. The van der Waals surface area contributed by atoms with Crippen molar-refractivity contribution in [3.8, 4) is 28.5 Å². The molecule has 0 bridgehead atoms. The van der Waals surface area contributed by atoms with Gasteiger partial charge in [0, 0.05) is 25.7 Å². The van der Waals surface area contributed by atoms with Crippen molar-refractivity contribution >= 4 is 11.9 Å². The third kappa shape index (κ3) is 4.22. The number of hydrogen-bond acceptors (Lipinski definition) is 5. The van der Waals surface area contributed by atoms with Crippen molar-refractivity contribution in [2.45, 2.75) is 19.8 Å². The van der Waals surface area contributed by atoms with Crippen molar-refractivity contribution in [2.75, 3.05) is 18.0 Å². The molecule has 1 amide bonds. The van der Waals surface area contributed by atoms with E-state index in [1.54, 1.807) is 31.3 Å². The third-order valence-corrected chi connectivity index (χ3v) is 6.14. The number of hydrogen-bond donors (Lipinski definition) is 1. The van der Waals surface area contributed by atoms with Gasteiger partial charge in [-0.3, -0.25) is 14.2 Å². The first kappa shape index (κ1) is 22.2. The zero-order valence-corrected chi connectivity index (χ0v) is 18.5. The van der Waals surface area contributed by atoms with Crippen molar-refractivity contribution in [1.29, 1.82) is 5.26 Å². The van der Waals surface area contributed by atoms with Crippen LogP contribution in [0.3, 0.4) is 0 Å². The molecule has 1 aromatic heterocycles. The van der Waals surface area contributed by atoms with Crippen LogP contribution in [0.5, 0.6) is 0 Å². The first-order valence-electron chi connectivity index (χ1n) is 10.8. The molecule has 0 saturated carbocycles. The second kappa shape index (κ2) is 8.87. The molecule has 0 aliphatic carbocycles. The Morgan fingerprint density at radius 2 is 1.79 bits per heavy atom. The number of carbonyl (C=O) groups is 1. The van der Waals surface area contributed by atoms with Gasteiger partial charge in [-0.25, -0.2) is 9.37 Å². The zero-order valence-electron chi connectivity index (χ0n) is 18.5. The van der Waals surface area contributed by atoms with E-state index in [0.29, 0.717) is 34.3 Å². The van der Waals surface area contributed by atoms with Gasteiger partial charge < -0.3 is 10.6 Å². The van der Waals surface area contributed by atoms with Gasteiger partial charge in [0.25, 0.3) is 11.5 Å². The number of halogens is 1. The minimum atomic E-state index is -0.882. The van der Waals surface area contributed by atoms with Crippen LogP contribution in [-0.2, 0) is 7.05 Å². The van der Waals surface area contributed by atoms with E-state index < -0.39 is 11.7 Å². The van der Waals surface area contributed by atoms with Crippen molar-refractivity contribution in [2.24, 2.45) is 18.7 Å². The van der Waals surface area contributed by atoms with Crippen LogP contribution in [0.2, 0.25) is 0 Å². The van der Waals surface area contributed by atoms with Gasteiger partial charge in [0.2, 0.25) is 5.95 Å². The van der Waals surface area contributed by atoms with Crippen molar-refractivity contribution < 1.29 is 9.18 Å². The fourth-order valence-electron chi connectivity index (χ4n) is 4.12. The highest BCUT2D eigenvalue weighted by Gasteiger charge is 2.24. The highest BCUT2D eigenvalue weighted by Crippen LogP contribution is 2.32. The number of primary amides is 1. The minimum absolute atomic E-state index is 0.214. The number of amides is 1. The molecule has 2 heterocycles. The quantitative estimate of drug-likeness (QED) is 0.662. The lowest BCUT2D eigenvalue weighted by atomic mass is 9.98.